The molecule has 10 heteroatoms. The van der Waals surface area contributed by atoms with Gasteiger partial charge < -0.3 is 4.74 Å². The first-order valence-corrected chi connectivity index (χ1v) is 13.0. The van der Waals surface area contributed by atoms with Gasteiger partial charge in [-0.1, -0.05) is 23.7 Å². The van der Waals surface area contributed by atoms with E-state index >= 15 is 0 Å². The van der Waals surface area contributed by atoms with Gasteiger partial charge in [0, 0.05) is 23.8 Å². The maximum atomic E-state index is 13.1. The Morgan fingerprint density at radius 3 is 2.34 bits per heavy atom. The molecule has 0 saturated carbocycles. The van der Waals surface area contributed by atoms with Gasteiger partial charge in [-0.2, -0.15) is 4.31 Å². The third-order valence-electron chi connectivity index (χ3n) is 5.24. The van der Waals surface area contributed by atoms with Gasteiger partial charge in [-0.05, 0) is 72.1 Å². The molecule has 3 aromatic carbocycles. The lowest BCUT2D eigenvalue weighted by Gasteiger charge is -2.28. The summed E-state index contributed by atoms with van der Waals surface area (Å²) < 4.78 is 60.6. The van der Waals surface area contributed by atoms with Crippen LogP contribution in [0.15, 0.2) is 76.5 Å². The Bertz CT molecular complexity index is 1360. The molecule has 0 aromatic heterocycles. The summed E-state index contributed by atoms with van der Waals surface area (Å²) in [5.41, 5.74) is 2.09. The van der Waals surface area contributed by atoms with Crippen molar-refractivity contribution in [3.8, 4) is 5.75 Å². The predicted molar refractivity (Wildman–Crippen MR) is 123 cm³/mol. The molecule has 1 aliphatic heterocycles. The molecule has 7 nitrogen and oxygen atoms in total. The van der Waals surface area contributed by atoms with E-state index < -0.39 is 20.0 Å². The van der Waals surface area contributed by atoms with E-state index in [0.29, 0.717) is 29.4 Å². The molecule has 0 amide bonds. The minimum atomic E-state index is -3.83. The summed E-state index contributed by atoms with van der Waals surface area (Å²) in [6, 6.07) is 17.4. The SMILES string of the molecule is COc1ccc(S(=O)(=O)N2CCc3ccc(NS(=O)(=O)c4cccc(Cl)c4)cc3C2)cc1. The van der Waals surface area contributed by atoms with Crippen LogP contribution < -0.4 is 9.46 Å². The van der Waals surface area contributed by atoms with Crippen molar-refractivity contribution in [1.29, 1.82) is 0 Å². The Labute approximate surface area is 192 Å². The van der Waals surface area contributed by atoms with Gasteiger partial charge in [-0.15, -0.1) is 0 Å². The van der Waals surface area contributed by atoms with Crippen molar-refractivity contribution in [1.82, 2.24) is 4.31 Å². The number of nitrogens with one attached hydrogen (secondary N) is 1. The molecule has 0 fully saturated rings. The molecule has 0 unspecified atom stereocenters. The molecule has 4 rings (SSSR count). The van der Waals surface area contributed by atoms with E-state index in [1.807, 2.05) is 6.07 Å². The third kappa shape index (κ3) is 4.61. The first-order chi connectivity index (χ1) is 15.2. The van der Waals surface area contributed by atoms with Crippen molar-refractivity contribution in [3.05, 3.63) is 82.9 Å². The Hall–Kier alpha value is -2.59. The number of ether oxygens (including phenoxy) is 1. The molecular weight excluding hydrogens is 472 g/mol. The molecule has 1 N–H and O–H groups in total. The molecule has 1 aliphatic rings. The highest BCUT2D eigenvalue weighted by atomic mass is 35.5. The Balaban J connectivity index is 1.57. The van der Waals surface area contributed by atoms with Gasteiger partial charge in [0.2, 0.25) is 10.0 Å². The number of anilines is 1. The number of benzene rings is 3. The summed E-state index contributed by atoms with van der Waals surface area (Å²) in [5.74, 6) is 0.574. The van der Waals surface area contributed by atoms with Crippen LogP contribution in [0.4, 0.5) is 5.69 Å². The fourth-order valence-corrected chi connectivity index (χ4v) is 6.31. The Kier molecular flexibility index (Phi) is 6.17. The number of halogens is 1. The van der Waals surface area contributed by atoms with Gasteiger partial charge in [-0.3, -0.25) is 4.72 Å². The van der Waals surface area contributed by atoms with Crippen LogP contribution in [0.5, 0.6) is 5.75 Å². The lowest BCUT2D eigenvalue weighted by molar-refractivity contribution is 0.391. The molecule has 3 aromatic rings. The summed E-state index contributed by atoms with van der Waals surface area (Å²) >= 11 is 5.91. The van der Waals surface area contributed by atoms with E-state index in [0.717, 1.165) is 11.1 Å². The molecular formula is C22H21ClN2O5S2. The van der Waals surface area contributed by atoms with Crippen LogP contribution in [-0.2, 0) is 33.0 Å². The minimum Gasteiger partial charge on any atom is -0.497 e. The number of hydrogen-bond donors (Lipinski definition) is 1. The molecule has 32 heavy (non-hydrogen) atoms. The van der Waals surface area contributed by atoms with Crippen molar-refractivity contribution < 1.29 is 21.6 Å². The van der Waals surface area contributed by atoms with Gasteiger partial charge in [0.15, 0.2) is 0 Å². The molecule has 168 valence electrons. The first kappa shape index (κ1) is 22.6. The van der Waals surface area contributed by atoms with Crippen molar-refractivity contribution in [3.63, 3.8) is 0 Å². The van der Waals surface area contributed by atoms with Crippen molar-refractivity contribution in [2.75, 3.05) is 18.4 Å². The van der Waals surface area contributed by atoms with E-state index in [9.17, 15) is 16.8 Å². The van der Waals surface area contributed by atoms with Crippen LogP contribution in [0, 0.1) is 0 Å². The summed E-state index contributed by atoms with van der Waals surface area (Å²) in [4.78, 5) is 0.228. The number of sulfonamides is 2. The predicted octanol–water partition coefficient (Wildman–Crippen LogP) is 3.90. The quantitative estimate of drug-likeness (QED) is 0.563. The highest BCUT2D eigenvalue weighted by Crippen LogP contribution is 2.29. The van der Waals surface area contributed by atoms with Crippen LogP contribution in [0.2, 0.25) is 5.02 Å². The maximum Gasteiger partial charge on any atom is 0.261 e. The highest BCUT2D eigenvalue weighted by Gasteiger charge is 2.28. The topological polar surface area (TPSA) is 92.8 Å². The van der Waals surface area contributed by atoms with Gasteiger partial charge in [-0.25, -0.2) is 16.8 Å². The van der Waals surface area contributed by atoms with Gasteiger partial charge in [0.05, 0.1) is 16.9 Å². The van der Waals surface area contributed by atoms with E-state index in [4.69, 9.17) is 16.3 Å². The monoisotopic (exact) mass is 492 g/mol. The zero-order valence-corrected chi connectivity index (χ0v) is 19.5. The smallest absolute Gasteiger partial charge is 0.261 e. The molecule has 0 bridgehead atoms. The van der Waals surface area contributed by atoms with Gasteiger partial charge >= 0.3 is 0 Å². The van der Waals surface area contributed by atoms with E-state index in [1.54, 1.807) is 36.4 Å². The lowest BCUT2D eigenvalue weighted by Crippen LogP contribution is -2.36. The standard InChI is InChI=1S/C22H21ClN2O5S2/c1-30-20-7-9-21(10-8-20)32(28,29)25-12-11-16-5-6-19(13-17(16)15-25)24-31(26,27)22-4-2-3-18(23)14-22/h2-10,13-14,24H,11-12,15H2,1H3. The summed E-state index contributed by atoms with van der Waals surface area (Å²) in [7, 11) is -6.02. The highest BCUT2D eigenvalue weighted by molar-refractivity contribution is 7.92. The van der Waals surface area contributed by atoms with Crippen LogP contribution in [-0.4, -0.2) is 34.8 Å². The van der Waals surface area contributed by atoms with Crippen molar-refractivity contribution in [2.24, 2.45) is 0 Å². The molecule has 0 aliphatic carbocycles. The second-order valence-corrected chi connectivity index (χ2v) is 11.4. The average molecular weight is 493 g/mol. The number of nitrogens with zero attached hydrogens (tertiary/aromatic N) is 1. The summed E-state index contributed by atoms with van der Waals surface area (Å²) in [6.07, 6.45) is 0.534. The van der Waals surface area contributed by atoms with Gasteiger partial charge in [0.1, 0.15) is 5.75 Å². The van der Waals surface area contributed by atoms with Gasteiger partial charge in [0.25, 0.3) is 10.0 Å². The summed E-state index contributed by atoms with van der Waals surface area (Å²) in [6.45, 7) is 0.491. The normalized spacial score (nSPS) is 14.6. The van der Waals surface area contributed by atoms with E-state index in [-0.39, 0.29) is 16.3 Å². The van der Waals surface area contributed by atoms with Crippen molar-refractivity contribution in [2.45, 2.75) is 22.8 Å². The lowest BCUT2D eigenvalue weighted by atomic mass is 10.0. The first-order valence-electron chi connectivity index (χ1n) is 9.73. The third-order valence-corrected chi connectivity index (χ3v) is 8.71. The second kappa shape index (κ2) is 8.74. The van der Waals surface area contributed by atoms with Crippen LogP contribution >= 0.6 is 11.6 Å². The molecule has 0 radical (unpaired) electrons. The molecule has 0 spiro atoms. The number of hydrogen-bond acceptors (Lipinski definition) is 5. The number of rotatable bonds is 6. The molecule has 0 saturated heterocycles. The molecule has 0 atom stereocenters. The summed E-state index contributed by atoms with van der Waals surface area (Å²) in [5, 5.41) is 0.317. The van der Waals surface area contributed by atoms with E-state index in [2.05, 4.69) is 4.72 Å². The van der Waals surface area contributed by atoms with E-state index in [1.165, 1.54) is 35.7 Å². The Morgan fingerprint density at radius 2 is 1.66 bits per heavy atom. The average Bonchev–Trinajstić information content (AvgIpc) is 2.78. The second-order valence-electron chi connectivity index (χ2n) is 7.31. The van der Waals surface area contributed by atoms with Crippen LogP contribution in [0.25, 0.3) is 0 Å². The largest absolute Gasteiger partial charge is 0.497 e. The Morgan fingerprint density at radius 1 is 0.906 bits per heavy atom. The number of methoxy groups -OCH3 is 1. The van der Waals surface area contributed by atoms with Crippen LogP contribution in [0.1, 0.15) is 11.1 Å². The zero-order valence-electron chi connectivity index (χ0n) is 17.2. The fourth-order valence-electron chi connectivity index (χ4n) is 3.54. The zero-order chi connectivity index (χ0) is 22.9. The number of fused-ring (bicyclic) bond motifs is 1. The molecule has 1 heterocycles. The van der Waals surface area contributed by atoms with Crippen LogP contribution in [0.3, 0.4) is 0 Å². The fraction of sp³-hybridized carbons (Fsp3) is 0.182. The van der Waals surface area contributed by atoms with Crippen molar-refractivity contribution >= 4 is 37.3 Å². The minimum absolute atomic E-state index is 0.0476. The maximum absolute atomic E-state index is 13.1.